The Balaban J connectivity index is 1.80. The highest BCUT2D eigenvalue weighted by molar-refractivity contribution is 7.86. The molecule has 3 rings (SSSR count). The van der Waals surface area contributed by atoms with Crippen molar-refractivity contribution in [1.82, 2.24) is 4.90 Å². The second-order valence-corrected chi connectivity index (χ2v) is 7.75. The molecule has 21 heavy (non-hydrogen) atoms. The lowest BCUT2D eigenvalue weighted by Crippen LogP contribution is -2.40. The van der Waals surface area contributed by atoms with E-state index in [4.69, 9.17) is 4.18 Å². The van der Waals surface area contributed by atoms with Crippen molar-refractivity contribution >= 4 is 10.1 Å². The van der Waals surface area contributed by atoms with Gasteiger partial charge in [0.2, 0.25) is 0 Å². The molecule has 0 aromatic heterocycles. The molecular formula is C16H21NO3S. The molecule has 0 aliphatic carbocycles. The third-order valence-electron chi connectivity index (χ3n) is 4.61. The molecule has 2 heterocycles. The van der Waals surface area contributed by atoms with E-state index >= 15 is 0 Å². The van der Waals surface area contributed by atoms with E-state index in [2.05, 4.69) is 11.5 Å². The highest BCUT2D eigenvalue weighted by atomic mass is 32.2. The summed E-state index contributed by atoms with van der Waals surface area (Å²) in [7, 11) is -1.65. The van der Waals surface area contributed by atoms with Crippen molar-refractivity contribution in [3.8, 4) is 0 Å². The molecule has 1 aromatic carbocycles. The molecule has 0 N–H and O–H groups in total. The van der Waals surface area contributed by atoms with Gasteiger partial charge in [-0.05, 0) is 45.4 Å². The van der Waals surface area contributed by atoms with Gasteiger partial charge in [0.15, 0.2) is 0 Å². The van der Waals surface area contributed by atoms with E-state index in [0.717, 1.165) is 24.8 Å². The first-order chi connectivity index (χ1) is 9.87. The molecule has 3 atom stereocenters. The maximum atomic E-state index is 12.4. The van der Waals surface area contributed by atoms with Crippen LogP contribution in [-0.4, -0.2) is 38.6 Å². The van der Waals surface area contributed by atoms with Gasteiger partial charge < -0.3 is 0 Å². The van der Waals surface area contributed by atoms with Crippen molar-refractivity contribution < 1.29 is 12.6 Å². The minimum atomic E-state index is -3.70. The standard InChI is InChI=1S/C16H21NO3S/c1-11-4-6-14(7-5-11)21(18,19)20-16-10-13-8-12(2)9-15(16)17(13)3/h4-7,13,15-16H,2,8-10H2,1,3H3/t13-,15+,16+/m1/s1. The molecular weight excluding hydrogens is 286 g/mol. The van der Waals surface area contributed by atoms with Gasteiger partial charge in [-0.2, -0.15) is 8.42 Å². The minimum Gasteiger partial charge on any atom is -0.297 e. The molecule has 2 aliphatic rings. The Hall–Kier alpha value is -1.17. The number of hydrogen-bond donors (Lipinski definition) is 0. The molecule has 0 amide bonds. The van der Waals surface area contributed by atoms with Crippen molar-refractivity contribution in [2.24, 2.45) is 0 Å². The van der Waals surface area contributed by atoms with E-state index in [1.54, 1.807) is 24.3 Å². The second-order valence-electron chi connectivity index (χ2n) is 6.18. The van der Waals surface area contributed by atoms with Crippen LogP contribution in [0.4, 0.5) is 0 Å². The molecule has 2 aliphatic heterocycles. The van der Waals surface area contributed by atoms with Gasteiger partial charge in [-0.3, -0.25) is 9.08 Å². The smallest absolute Gasteiger partial charge is 0.297 e. The monoisotopic (exact) mass is 307 g/mol. The Morgan fingerprint density at radius 3 is 2.57 bits per heavy atom. The van der Waals surface area contributed by atoms with Crippen LogP contribution in [0.25, 0.3) is 0 Å². The average molecular weight is 307 g/mol. The van der Waals surface area contributed by atoms with E-state index in [1.807, 2.05) is 14.0 Å². The summed E-state index contributed by atoms with van der Waals surface area (Å²) in [5, 5.41) is 0. The molecule has 2 saturated heterocycles. The summed E-state index contributed by atoms with van der Waals surface area (Å²) in [4.78, 5) is 2.47. The third kappa shape index (κ3) is 2.78. The molecule has 0 unspecified atom stereocenters. The molecule has 0 saturated carbocycles. The normalized spacial score (nSPS) is 29.8. The molecule has 4 nitrogen and oxygen atoms in total. The lowest BCUT2D eigenvalue weighted by molar-refractivity contribution is 0.138. The van der Waals surface area contributed by atoms with Crippen molar-refractivity contribution in [3.63, 3.8) is 0 Å². The topological polar surface area (TPSA) is 46.6 Å². The Morgan fingerprint density at radius 1 is 1.24 bits per heavy atom. The summed E-state index contributed by atoms with van der Waals surface area (Å²) < 4.78 is 30.4. The lowest BCUT2D eigenvalue weighted by atomic mass is 9.99. The molecule has 2 fully saturated rings. The van der Waals surface area contributed by atoms with Crippen molar-refractivity contribution in [2.75, 3.05) is 7.05 Å². The second kappa shape index (κ2) is 5.23. The van der Waals surface area contributed by atoms with Gasteiger partial charge in [-0.25, -0.2) is 0 Å². The number of nitrogens with zero attached hydrogens (tertiary/aromatic N) is 1. The van der Waals surface area contributed by atoms with E-state index in [0.29, 0.717) is 6.04 Å². The number of benzene rings is 1. The SMILES string of the molecule is C=C1C[C@@H]2C[C@H](OS(=O)(=O)c3ccc(C)cc3)[C@H](C1)N2C. The lowest BCUT2D eigenvalue weighted by Gasteiger charge is -2.33. The van der Waals surface area contributed by atoms with Gasteiger partial charge >= 0.3 is 0 Å². The average Bonchev–Trinajstić information content (AvgIpc) is 2.59. The van der Waals surface area contributed by atoms with Crippen LogP contribution in [0.3, 0.4) is 0 Å². The van der Waals surface area contributed by atoms with Crippen molar-refractivity contribution in [3.05, 3.63) is 42.0 Å². The Bertz CT molecular complexity index is 651. The van der Waals surface area contributed by atoms with E-state index in [1.165, 1.54) is 5.57 Å². The van der Waals surface area contributed by atoms with Crippen LogP contribution in [0.5, 0.6) is 0 Å². The summed E-state index contributed by atoms with van der Waals surface area (Å²) >= 11 is 0. The number of rotatable bonds is 3. The maximum absolute atomic E-state index is 12.4. The fourth-order valence-corrected chi connectivity index (χ4v) is 4.48. The van der Waals surface area contributed by atoms with Crippen molar-refractivity contribution in [2.45, 2.75) is 49.3 Å². The maximum Gasteiger partial charge on any atom is 0.297 e. The number of likely N-dealkylation sites (N-methyl/N-ethyl adjacent to an activating group) is 1. The number of piperidine rings is 1. The largest absolute Gasteiger partial charge is 0.297 e. The predicted molar refractivity (Wildman–Crippen MR) is 81.6 cm³/mol. The van der Waals surface area contributed by atoms with Crippen LogP contribution >= 0.6 is 0 Å². The number of aryl methyl sites for hydroxylation is 1. The van der Waals surface area contributed by atoms with E-state index in [-0.39, 0.29) is 17.0 Å². The van der Waals surface area contributed by atoms with E-state index < -0.39 is 10.1 Å². The molecule has 2 bridgehead atoms. The van der Waals surface area contributed by atoms with Crippen LogP contribution < -0.4 is 0 Å². The first-order valence-electron chi connectivity index (χ1n) is 7.25. The van der Waals surface area contributed by atoms with Crippen molar-refractivity contribution in [1.29, 1.82) is 0 Å². The summed E-state index contributed by atoms with van der Waals surface area (Å²) in [5.74, 6) is 0. The number of hydrogen-bond acceptors (Lipinski definition) is 4. The fraction of sp³-hybridized carbons (Fsp3) is 0.500. The Morgan fingerprint density at radius 2 is 1.90 bits per heavy atom. The molecule has 114 valence electrons. The van der Waals surface area contributed by atoms with Gasteiger partial charge in [0.1, 0.15) is 0 Å². The zero-order valence-electron chi connectivity index (χ0n) is 12.5. The van der Waals surface area contributed by atoms with Gasteiger partial charge in [0, 0.05) is 12.1 Å². The van der Waals surface area contributed by atoms with Gasteiger partial charge in [0.25, 0.3) is 10.1 Å². The highest BCUT2D eigenvalue weighted by Gasteiger charge is 2.45. The first kappa shape index (κ1) is 14.8. The van der Waals surface area contributed by atoms with E-state index in [9.17, 15) is 8.42 Å². The summed E-state index contributed by atoms with van der Waals surface area (Å²) in [6.07, 6.45) is 2.25. The van der Waals surface area contributed by atoms with Crippen LogP contribution in [-0.2, 0) is 14.3 Å². The van der Waals surface area contributed by atoms with Gasteiger partial charge in [0.05, 0.1) is 11.0 Å². The quantitative estimate of drug-likeness (QED) is 0.636. The fourth-order valence-electron chi connectivity index (χ4n) is 3.37. The molecule has 1 aromatic rings. The highest BCUT2D eigenvalue weighted by Crippen LogP contribution is 2.39. The summed E-state index contributed by atoms with van der Waals surface area (Å²) in [6, 6.07) is 7.27. The van der Waals surface area contributed by atoms with Crippen LogP contribution in [0.15, 0.2) is 41.3 Å². The van der Waals surface area contributed by atoms with Gasteiger partial charge in [-0.15, -0.1) is 0 Å². The number of fused-ring (bicyclic) bond motifs is 2. The van der Waals surface area contributed by atoms with Crippen LogP contribution in [0, 0.1) is 6.92 Å². The van der Waals surface area contributed by atoms with Crippen LogP contribution in [0.1, 0.15) is 24.8 Å². The molecule has 0 radical (unpaired) electrons. The zero-order valence-corrected chi connectivity index (χ0v) is 13.3. The summed E-state index contributed by atoms with van der Waals surface area (Å²) in [5.41, 5.74) is 2.23. The summed E-state index contributed by atoms with van der Waals surface area (Å²) in [6.45, 7) is 5.99. The minimum absolute atomic E-state index is 0.122. The predicted octanol–water partition coefficient (Wildman–Crippen LogP) is 2.49. The molecule has 0 spiro atoms. The Labute approximate surface area is 126 Å². The Kier molecular flexibility index (Phi) is 3.67. The van der Waals surface area contributed by atoms with Gasteiger partial charge in [-0.1, -0.05) is 29.8 Å². The first-order valence-corrected chi connectivity index (χ1v) is 8.66. The third-order valence-corrected chi connectivity index (χ3v) is 5.96. The molecule has 5 heteroatoms. The zero-order chi connectivity index (χ0) is 15.2. The van der Waals surface area contributed by atoms with Crippen LogP contribution in [0.2, 0.25) is 0 Å².